The molecule has 0 amide bonds. The van der Waals surface area contributed by atoms with E-state index < -0.39 is 11.9 Å². The molecular weight excluding hydrogens is 271 g/mol. The van der Waals surface area contributed by atoms with Crippen LogP contribution in [0.25, 0.3) is 0 Å². The molecule has 0 saturated carbocycles. The van der Waals surface area contributed by atoms with Crippen LogP contribution in [-0.2, 0) is 12.6 Å². The maximum atomic E-state index is 12.3. The number of ether oxygens (including phenoxy) is 1. The molecule has 0 aliphatic rings. The molecule has 0 saturated heterocycles. The lowest BCUT2D eigenvalue weighted by Crippen LogP contribution is -2.07. The van der Waals surface area contributed by atoms with Gasteiger partial charge in [0.2, 0.25) is 0 Å². The Balaban J connectivity index is 2.06. The molecule has 0 spiro atoms. The number of hydrogen-bond donors (Lipinski definition) is 1. The SMILES string of the molecule is OCCc1ccc(Oc2ccc(C(F)(F)F)nc2)cc1. The lowest BCUT2D eigenvalue weighted by Gasteiger charge is -2.08. The topological polar surface area (TPSA) is 42.4 Å². The summed E-state index contributed by atoms with van der Waals surface area (Å²) >= 11 is 0. The smallest absolute Gasteiger partial charge is 0.433 e. The highest BCUT2D eigenvalue weighted by atomic mass is 19.4. The second kappa shape index (κ2) is 5.92. The van der Waals surface area contributed by atoms with Gasteiger partial charge in [-0.1, -0.05) is 12.1 Å². The maximum absolute atomic E-state index is 12.3. The molecule has 0 aliphatic carbocycles. The molecular formula is C14H12F3NO2. The Morgan fingerprint density at radius 1 is 1.00 bits per heavy atom. The van der Waals surface area contributed by atoms with E-state index in [4.69, 9.17) is 9.84 Å². The average Bonchev–Trinajstić information content (AvgIpc) is 2.41. The Morgan fingerprint density at radius 2 is 1.65 bits per heavy atom. The van der Waals surface area contributed by atoms with Gasteiger partial charge in [-0.05, 0) is 36.2 Å². The zero-order chi connectivity index (χ0) is 14.6. The van der Waals surface area contributed by atoms with E-state index in [0.717, 1.165) is 17.8 Å². The first-order chi connectivity index (χ1) is 9.49. The number of aliphatic hydroxyl groups is 1. The fourth-order valence-electron chi connectivity index (χ4n) is 1.60. The van der Waals surface area contributed by atoms with E-state index in [1.807, 2.05) is 0 Å². The van der Waals surface area contributed by atoms with E-state index >= 15 is 0 Å². The number of hydrogen-bond acceptors (Lipinski definition) is 3. The first-order valence-corrected chi connectivity index (χ1v) is 5.90. The molecule has 0 aliphatic heterocycles. The minimum atomic E-state index is -4.45. The largest absolute Gasteiger partial charge is 0.456 e. The number of pyridine rings is 1. The van der Waals surface area contributed by atoms with Crippen molar-refractivity contribution in [1.82, 2.24) is 4.98 Å². The third-order valence-corrected chi connectivity index (χ3v) is 2.59. The fourth-order valence-corrected chi connectivity index (χ4v) is 1.60. The van der Waals surface area contributed by atoms with E-state index in [1.165, 1.54) is 6.07 Å². The number of alkyl halides is 3. The van der Waals surface area contributed by atoms with E-state index in [0.29, 0.717) is 12.2 Å². The van der Waals surface area contributed by atoms with Crippen molar-refractivity contribution in [2.24, 2.45) is 0 Å². The van der Waals surface area contributed by atoms with E-state index in [2.05, 4.69) is 4.98 Å². The molecule has 1 heterocycles. The normalized spacial score (nSPS) is 11.4. The van der Waals surface area contributed by atoms with Gasteiger partial charge in [0.05, 0.1) is 6.20 Å². The van der Waals surface area contributed by atoms with Gasteiger partial charge in [0.1, 0.15) is 17.2 Å². The Labute approximate surface area is 113 Å². The van der Waals surface area contributed by atoms with Crippen molar-refractivity contribution in [3.63, 3.8) is 0 Å². The molecule has 2 rings (SSSR count). The highest BCUT2D eigenvalue weighted by molar-refractivity contribution is 5.32. The Morgan fingerprint density at radius 3 is 2.15 bits per heavy atom. The first-order valence-electron chi connectivity index (χ1n) is 5.90. The van der Waals surface area contributed by atoms with Crippen LogP contribution in [0, 0.1) is 0 Å². The zero-order valence-electron chi connectivity index (χ0n) is 10.4. The summed E-state index contributed by atoms with van der Waals surface area (Å²) in [6.45, 7) is 0.0586. The monoisotopic (exact) mass is 283 g/mol. The summed E-state index contributed by atoms with van der Waals surface area (Å²) in [7, 11) is 0. The molecule has 1 aromatic heterocycles. The van der Waals surface area contributed by atoms with Gasteiger partial charge in [0.25, 0.3) is 0 Å². The fraction of sp³-hybridized carbons (Fsp3) is 0.214. The standard InChI is InChI=1S/C14H12F3NO2/c15-14(16,17)13-6-5-12(9-18-13)20-11-3-1-10(2-4-11)7-8-19/h1-6,9,19H,7-8H2. The second-order valence-corrected chi connectivity index (χ2v) is 4.10. The molecule has 1 aromatic carbocycles. The minimum absolute atomic E-state index is 0.0586. The summed E-state index contributed by atoms with van der Waals surface area (Å²) < 4.78 is 42.4. The number of nitrogens with zero attached hydrogens (tertiary/aromatic N) is 1. The van der Waals surface area contributed by atoms with Crippen LogP contribution < -0.4 is 4.74 Å². The molecule has 2 aromatic rings. The van der Waals surface area contributed by atoms with Gasteiger partial charge < -0.3 is 9.84 Å². The van der Waals surface area contributed by atoms with Crippen LogP contribution in [0.1, 0.15) is 11.3 Å². The lowest BCUT2D eigenvalue weighted by atomic mass is 10.1. The highest BCUT2D eigenvalue weighted by Crippen LogP contribution is 2.29. The minimum Gasteiger partial charge on any atom is -0.456 e. The summed E-state index contributed by atoms with van der Waals surface area (Å²) in [5, 5.41) is 8.78. The third-order valence-electron chi connectivity index (χ3n) is 2.59. The van der Waals surface area contributed by atoms with Crippen molar-refractivity contribution in [2.45, 2.75) is 12.6 Å². The Bertz CT molecular complexity index is 550. The van der Waals surface area contributed by atoms with Crippen LogP contribution in [0.4, 0.5) is 13.2 Å². The van der Waals surface area contributed by atoms with Crippen LogP contribution in [-0.4, -0.2) is 16.7 Å². The molecule has 0 radical (unpaired) electrons. The van der Waals surface area contributed by atoms with Crippen molar-refractivity contribution in [3.8, 4) is 11.5 Å². The van der Waals surface area contributed by atoms with Gasteiger partial charge in [-0.15, -0.1) is 0 Å². The predicted molar refractivity (Wildman–Crippen MR) is 66.5 cm³/mol. The predicted octanol–water partition coefficient (Wildman–Crippen LogP) is 3.43. The summed E-state index contributed by atoms with van der Waals surface area (Å²) in [5.41, 5.74) is -0.00598. The number of rotatable bonds is 4. The molecule has 3 nitrogen and oxygen atoms in total. The summed E-state index contributed by atoms with van der Waals surface area (Å²) in [5.74, 6) is 0.723. The van der Waals surface area contributed by atoms with Gasteiger partial charge in [0, 0.05) is 6.61 Å². The molecule has 0 bridgehead atoms. The van der Waals surface area contributed by atoms with Gasteiger partial charge in [0.15, 0.2) is 0 Å². The first kappa shape index (κ1) is 14.3. The molecule has 1 N–H and O–H groups in total. The molecule has 106 valence electrons. The van der Waals surface area contributed by atoms with Crippen molar-refractivity contribution >= 4 is 0 Å². The molecule has 0 atom stereocenters. The number of aliphatic hydroxyl groups excluding tert-OH is 1. The summed E-state index contributed by atoms with van der Waals surface area (Å²) in [6.07, 6.45) is -2.88. The van der Waals surface area contributed by atoms with Gasteiger partial charge >= 0.3 is 6.18 Å². The van der Waals surface area contributed by atoms with Crippen LogP contribution >= 0.6 is 0 Å². The molecule has 0 fully saturated rings. The van der Waals surface area contributed by atoms with Gasteiger partial charge in [-0.2, -0.15) is 13.2 Å². The van der Waals surface area contributed by atoms with Crippen LogP contribution in [0.2, 0.25) is 0 Å². The van der Waals surface area contributed by atoms with Crippen molar-refractivity contribution in [2.75, 3.05) is 6.61 Å². The summed E-state index contributed by atoms with van der Waals surface area (Å²) in [6, 6.07) is 9.02. The third kappa shape index (κ3) is 3.71. The molecule has 0 unspecified atom stereocenters. The van der Waals surface area contributed by atoms with Gasteiger partial charge in [-0.3, -0.25) is 0 Å². The quantitative estimate of drug-likeness (QED) is 0.934. The van der Waals surface area contributed by atoms with Crippen molar-refractivity contribution in [3.05, 3.63) is 53.9 Å². The number of aromatic nitrogens is 1. The Hall–Kier alpha value is -2.08. The van der Waals surface area contributed by atoms with Crippen molar-refractivity contribution < 1.29 is 23.0 Å². The van der Waals surface area contributed by atoms with Crippen LogP contribution in [0.5, 0.6) is 11.5 Å². The van der Waals surface area contributed by atoms with E-state index in [-0.39, 0.29) is 12.4 Å². The zero-order valence-corrected chi connectivity index (χ0v) is 10.4. The number of benzene rings is 1. The molecule has 6 heteroatoms. The Kier molecular flexibility index (Phi) is 4.24. The van der Waals surface area contributed by atoms with E-state index in [1.54, 1.807) is 24.3 Å². The van der Waals surface area contributed by atoms with Crippen molar-refractivity contribution in [1.29, 1.82) is 0 Å². The van der Waals surface area contributed by atoms with Gasteiger partial charge in [-0.25, -0.2) is 4.98 Å². The van der Waals surface area contributed by atoms with Crippen LogP contribution in [0.15, 0.2) is 42.6 Å². The maximum Gasteiger partial charge on any atom is 0.433 e. The van der Waals surface area contributed by atoms with Crippen LogP contribution in [0.3, 0.4) is 0 Å². The lowest BCUT2D eigenvalue weighted by molar-refractivity contribution is -0.141. The average molecular weight is 283 g/mol. The second-order valence-electron chi connectivity index (χ2n) is 4.10. The number of halogens is 3. The summed E-state index contributed by atoms with van der Waals surface area (Å²) in [4.78, 5) is 3.31. The molecule has 20 heavy (non-hydrogen) atoms. The highest BCUT2D eigenvalue weighted by Gasteiger charge is 2.32. The van der Waals surface area contributed by atoms with E-state index in [9.17, 15) is 13.2 Å².